The molecule has 1 amide bonds. The van der Waals surface area contributed by atoms with Crippen molar-refractivity contribution in [2.75, 3.05) is 5.32 Å². The molecule has 0 spiro atoms. The molecular weight excluding hydrogens is 339 g/mol. The smallest absolute Gasteiger partial charge is 0.331 e. The lowest BCUT2D eigenvalue weighted by atomic mass is 10.3. The average Bonchev–Trinajstić information content (AvgIpc) is 3.05. The minimum absolute atomic E-state index is 0.0161. The van der Waals surface area contributed by atoms with E-state index in [1.165, 1.54) is 31.2 Å². The van der Waals surface area contributed by atoms with Crippen LogP contribution in [0.3, 0.4) is 0 Å². The third-order valence-electron chi connectivity index (χ3n) is 3.47. The number of nitrogens with zero attached hydrogens (tertiary/aromatic N) is 1. The first-order valence-corrected chi connectivity index (χ1v) is 7.82. The molecule has 26 heavy (non-hydrogen) atoms. The molecule has 3 rings (SSSR count). The number of hydrogen-bond donors (Lipinski definition) is 1. The molecule has 0 saturated carbocycles. The second-order valence-corrected chi connectivity index (χ2v) is 5.40. The van der Waals surface area contributed by atoms with E-state index in [4.69, 9.17) is 9.15 Å². The molecule has 1 aromatic heterocycles. The Balaban J connectivity index is 1.58. The van der Waals surface area contributed by atoms with Crippen molar-refractivity contribution in [2.45, 2.75) is 13.0 Å². The molecule has 1 N–H and O–H groups in total. The predicted molar refractivity (Wildman–Crippen MR) is 93.6 cm³/mol. The zero-order valence-corrected chi connectivity index (χ0v) is 13.8. The van der Waals surface area contributed by atoms with E-state index in [-0.39, 0.29) is 11.6 Å². The van der Waals surface area contributed by atoms with E-state index in [2.05, 4.69) is 10.3 Å². The number of rotatable bonds is 5. The molecule has 0 saturated heterocycles. The van der Waals surface area contributed by atoms with E-state index in [1.807, 2.05) is 12.1 Å². The van der Waals surface area contributed by atoms with E-state index >= 15 is 0 Å². The third-order valence-corrected chi connectivity index (χ3v) is 3.47. The normalized spacial score (nSPS) is 12.2. The Labute approximate surface area is 148 Å². The van der Waals surface area contributed by atoms with Gasteiger partial charge in [0.15, 0.2) is 11.7 Å². The van der Waals surface area contributed by atoms with Crippen molar-refractivity contribution in [1.82, 2.24) is 4.98 Å². The standard InChI is InChI=1S/C19H15FN2O4/c1-12(19(24)22-14-7-3-2-6-13(14)20)25-18(23)11-10-17-21-15-8-4-5-9-16(15)26-17/h2-12H,1H3,(H,22,24)/b11-10+/t12-/m0/s1. The van der Waals surface area contributed by atoms with Gasteiger partial charge in [-0.05, 0) is 31.2 Å². The summed E-state index contributed by atoms with van der Waals surface area (Å²) in [7, 11) is 0. The highest BCUT2D eigenvalue weighted by Crippen LogP contribution is 2.16. The van der Waals surface area contributed by atoms with E-state index in [0.717, 1.165) is 6.08 Å². The average molecular weight is 354 g/mol. The van der Waals surface area contributed by atoms with Gasteiger partial charge in [-0.1, -0.05) is 24.3 Å². The van der Waals surface area contributed by atoms with Crippen molar-refractivity contribution in [3.05, 3.63) is 66.3 Å². The molecule has 0 bridgehead atoms. The zero-order valence-electron chi connectivity index (χ0n) is 13.8. The summed E-state index contributed by atoms with van der Waals surface area (Å²) in [5, 5.41) is 2.36. The van der Waals surface area contributed by atoms with Gasteiger partial charge < -0.3 is 14.5 Å². The van der Waals surface area contributed by atoms with Crippen LogP contribution in [0.15, 0.2) is 59.0 Å². The maximum absolute atomic E-state index is 13.5. The van der Waals surface area contributed by atoms with Gasteiger partial charge in [0, 0.05) is 12.2 Å². The van der Waals surface area contributed by atoms with Crippen LogP contribution in [0.25, 0.3) is 17.2 Å². The molecule has 7 heteroatoms. The van der Waals surface area contributed by atoms with Gasteiger partial charge in [-0.2, -0.15) is 0 Å². The van der Waals surface area contributed by atoms with Gasteiger partial charge in [0.05, 0.1) is 5.69 Å². The lowest BCUT2D eigenvalue weighted by Gasteiger charge is -2.12. The monoisotopic (exact) mass is 354 g/mol. The summed E-state index contributed by atoms with van der Waals surface area (Å²) in [5.74, 6) is -1.72. The largest absolute Gasteiger partial charge is 0.449 e. The molecular formula is C19H15FN2O4. The first-order valence-electron chi connectivity index (χ1n) is 7.82. The molecule has 1 atom stereocenters. The lowest BCUT2D eigenvalue weighted by Crippen LogP contribution is -2.29. The Bertz CT molecular complexity index is 947. The van der Waals surface area contributed by atoms with Crippen molar-refractivity contribution in [2.24, 2.45) is 0 Å². The van der Waals surface area contributed by atoms with Crippen LogP contribution in [0.4, 0.5) is 10.1 Å². The number of fused-ring (bicyclic) bond motifs is 1. The zero-order chi connectivity index (χ0) is 18.5. The molecule has 6 nitrogen and oxygen atoms in total. The summed E-state index contributed by atoms with van der Waals surface area (Å²) in [4.78, 5) is 28.0. The Morgan fingerprint density at radius 2 is 1.92 bits per heavy atom. The number of nitrogens with one attached hydrogen (secondary N) is 1. The first-order chi connectivity index (χ1) is 12.5. The number of carbonyl (C=O) groups excluding carboxylic acids is 2. The Morgan fingerprint density at radius 1 is 1.19 bits per heavy atom. The first kappa shape index (κ1) is 17.3. The lowest BCUT2D eigenvalue weighted by molar-refractivity contribution is -0.148. The van der Waals surface area contributed by atoms with Gasteiger partial charge in [-0.15, -0.1) is 0 Å². The summed E-state index contributed by atoms with van der Waals surface area (Å²) in [5.41, 5.74) is 1.28. The number of oxazole rings is 1. The molecule has 1 heterocycles. The summed E-state index contributed by atoms with van der Waals surface area (Å²) in [6, 6.07) is 12.9. The number of halogens is 1. The summed E-state index contributed by atoms with van der Waals surface area (Å²) >= 11 is 0. The van der Waals surface area contributed by atoms with E-state index in [9.17, 15) is 14.0 Å². The molecule has 132 valence electrons. The van der Waals surface area contributed by atoms with Crippen molar-refractivity contribution in [1.29, 1.82) is 0 Å². The number of hydrogen-bond acceptors (Lipinski definition) is 5. The van der Waals surface area contributed by atoms with Crippen LogP contribution in [0.1, 0.15) is 12.8 Å². The third kappa shape index (κ3) is 4.13. The van der Waals surface area contributed by atoms with Gasteiger partial charge in [0.25, 0.3) is 5.91 Å². The topological polar surface area (TPSA) is 81.4 Å². The fourth-order valence-corrected chi connectivity index (χ4v) is 2.16. The minimum atomic E-state index is -1.10. The van der Waals surface area contributed by atoms with Gasteiger partial charge in [-0.3, -0.25) is 4.79 Å². The van der Waals surface area contributed by atoms with Gasteiger partial charge in [-0.25, -0.2) is 14.2 Å². The fourth-order valence-electron chi connectivity index (χ4n) is 2.16. The van der Waals surface area contributed by atoms with Crippen molar-refractivity contribution in [3.8, 4) is 0 Å². The minimum Gasteiger partial charge on any atom is -0.449 e. The number of aromatic nitrogens is 1. The van der Waals surface area contributed by atoms with Crippen molar-refractivity contribution < 1.29 is 23.1 Å². The SMILES string of the molecule is C[C@H](OC(=O)/C=C/c1nc2ccccc2o1)C(=O)Nc1ccccc1F. The number of esters is 1. The molecule has 0 aliphatic carbocycles. The number of ether oxygens (including phenoxy) is 1. The Kier molecular flexibility index (Phi) is 5.07. The number of amides is 1. The van der Waals surface area contributed by atoms with Crippen molar-refractivity contribution in [3.63, 3.8) is 0 Å². The van der Waals surface area contributed by atoms with Crippen LogP contribution < -0.4 is 5.32 Å². The van der Waals surface area contributed by atoms with E-state index in [0.29, 0.717) is 11.1 Å². The van der Waals surface area contributed by atoms with E-state index < -0.39 is 23.8 Å². The van der Waals surface area contributed by atoms with Crippen LogP contribution in [0.2, 0.25) is 0 Å². The molecule has 0 aliphatic rings. The number of para-hydroxylation sites is 3. The molecule has 3 aromatic rings. The molecule has 0 radical (unpaired) electrons. The summed E-state index contributed by atoms with van der Waals surface area (Å²) in [6.07, 6.45) is 1.36. The highest BCUT2D eigenvalue weighted by Gasteiger charge is 2.18. The van der Waals surface area contributed by atoms with Gasteiger partial charge in [0.1, 0.15) is 11.3 Å². The second-order valence-electron chi connectivity index (χ2n) is 5.40. The fraction of sp³-hybridized carbons (Fsp3) is 0.105. The molecule has 0 fully saturated rings. The molecule has 0 aliphatic heterocycles. The second kappa shape index (κ2) is 7.60. The van der Waals surface area contributed by atoms with Crippen LogP contribution in [0.5, 0.6) is 0 Å². The highest BCUT2D eigenvalue weighted by molar-refractivity contribution is 5.96. The van der Waals surface area contributed by atoms with Gasteiger partial charge in [0.2, 0.25) is 5.89 Å². The highest BCUT2D eigenvalue weighted by atomic mass is 19.1. The van der Waals surface area contributed by atoms with Crippen molar-refractivity contribution >= 4 is 34.7 Å². The maximum atomic E-state index is 13.5. The quantitative estimate of drug-likeness (QED) is 0.560. The summed E-state index contributed by atoms with van der Waals surface area (Å²) in [6.45, 7) is 1.39. The Morgan fingerprint density at radius 3 is 2.69 bits per heavy atom. The predicted octanol–water partition coefficient (Wildman–Crippen LogP) is 3.55. The Hall–Kier alpha value is -3.48. The van der Waals surface area contributed by atoms with E-state index in [1.54, 1.807) is 18.2 Å². The van der Waals surface area contributed by atoms with Crippen LogP contribution in [-0.2, 0) is 14.3 Å². The number of carbonyl (C=O) groups is 2. The summed E-state index contributed by atoms with van der Waals surface area (Å²) < 4.78 is 23.9. The number of anilines is 1. The molecule has 2 aromatic carbocycles. The maximum Gasteiger partial charge on any atom is 0.331 e. The number of benzene rings is 2. The molecule has 0 unspecified atom stereocenters. The van der Waals surface area contributed by atoms with Gasteiger partial charge >= 0.3 is 5.97 Å². The van der Waals surface area contributed by atoms with Crippen LogP contribution in [0, 0.1) is 5.82 Å². The van der Waals surface area contributed by atoms with Crippen LogP contribution in [-0.4, -0.2) is 23.0 Å². The van der Waals surface area contributed by atoms with Crippen LogP contribution >= 0.6 is 0 Å².